The number of ether oxygens (including phenoxy) is 1. The van der Waals surface area contributed by atoms with E-state index in [4.69, 9.17) is 14.3 Å². The van der Waals surface area contributed by atoms with Gasteiger partial charge in [0.25, 0.3) is 0 Å². The predicted octanol–water partition coefficient (Wildman–Crippen LogP) is 4.03. The quantitative estimate of drug-likeness (QED) is 0.741. The van der Waals surface area contributed by atoms with E-state index in [1.54, 1.807) is 7.11 Å². The van der Waals surface area contributed by atoms with Crippen LogP contribution < -0.4 is 4.74 Å². The average molecular weight is 323 g/mol. The van der Waals surface area contributed by atoms with Crippen LogP contribution in [0, 0.1) is 0 Å². The Labute approximate surface area is 139 Å². The fourth-order valence-corrected chi connectivity index (χ4v) is 2.44. The number of rotatable bonds is 6. The summed E-state index contributed by atoms with van der Waals surface area (Å²) in [5, 5.41) is 8.87. The minimum Gasteiger partial charge on any atom is -0.497 e. The first-order valence-corrected chi connectivity index (χ1v) is 7.58. The van der Waals surface area contributed by atoms with Crippen molar-refractivity contribution in [2.45, 2.75) is 12.8 Å². The van der Waals surface area contributed by atoms with Gasteiger partial charge in [-0.3, -0.25) is 4.79 Å². The normalized spacial score (nSPS) is 10.5. The van der Waals surface area contributed by atoms with Crippen molar-refractivity contribution in [3.8, 4) is 28.3 Å². The molecule has 122 valence electrons. The van der Waals surface area contributed by atoms with E-state index < -0.39 is 5.97 Å². The first-order valence-electron chi connectivity index (χ1n) is 7.58. The van der Waals surface area contributed by atoms with Gasteiger partial charge in [0.15, 0.2) is 11.7 Å². The highest BCUT2D eigenvalue weighted by Crippen LogP contribution is 2.34. The summed E-state index contributed by atoms with van der Waals surface area (Å²) in [5.74, 6) is 0.863. The summed E-state index contributed by atoms with van der Waals surface area (Å²) in [7, 11) is 1.61. The van der Waals surface area contributed by atoms with Crippen LogP contribution in [0.3, 0.4) is 0 Å². The zero-order valence-corrected chi connectivity index (χ0v) is 13.2. The molecule has 0 saturated heterocycles. The van der Waals surface area contributed by atoms with Gasteiger partial charge in [0, 0.05) is 17.5 Å². The summed E-state index contributed by atoms with van der Waals surface area (Å²) in [6, 6.07) is 17.2. The number of carbonyl (C=O) groups is 1. The number of carboxylic acids is 1. The van der Waals surface area contributed by atoms with Crippen molar-refractivity contribution in [2.24, 2.45) is 0 Å². The van der Waals surface area contributed by atoms with Crippen LogP contribution in [0.25, 0.3) is 22.6 Å². The third-order valence-corrected chi connectivity index (χ3v) is 3.60. The molecule has 5 nitrogen and oxygen atoms in total. The van der Waals surface area contributed by atoms with Gasteiger partial charge in [-0.25, -0.2) is 4.98 Å². The summed E-state index contributed by atoms with van der Waals surface area (Å²) < 4.78 is 11.1. The van der Waals surface area contributed by atoms with E-state index in [0.29, 0.717) is 17.3 Å². The summed E-state index contributed by atoms with van der Waals surface area (Å²) in [6.07, 6.45) is 0.228. The van der Waals surface area contributed by atoms with Gasteiger partial charge in [-0.2, -0.15) is 0 Å². The number of oxazole rings is 1. The molecule has 0 amide bonds. The molecule has 0 saturated carbocycles. The fourth-order valence-electron chi connectivity index (χ4n) is 2.44. The number of nitrogens with zero attached hydrogens (tertiary/aromatic N) is 1. The number of aliphatic carboxylic acids is 1. The SMILES string of the molecule is COc1cccc(-c2oc(CCC(=O)O)nc2-c2ccccc2)c1. The summed E-state index contributed by atoms with van der Waals surface area (Å²) >= 11 is 0. The monoisotopic (exact) mass is 323 g/mol. The Kier molecular flexibility index (Phi) is 4.61. The minimum absolute atomic E-state index is 0.0215. The molecule has 0 fully saturated rings. The summed E-state index contributed by atoms with van der Waals surface area (Å²) in [4.78, 5) is 15.3. The van der Waals surface area contributed by atoms with Crippen molar-refractivity contribution in [3.05, 3.63) is 60.5 Å². The molecule has 0 unspecified atom stereocenters. The number of carboxylic acid groups (broad SMARTS) is 1. The highest BCUT2D eigenvalue weighted by molar-refractivity contribution is 5.77. The maximum absolute atomic E-state index is 10.8. The van der Waals surface area contributed by atoms with E-state index >= 15 is 0 Å². The molecule has 0 radical (unpaired) electrons. The Hall–Kier alpha value is -3.08. The van der Waals surface area contributed by atoms with Crippen molar-refractivity contribution in [2.75, 3.05) is 7.11 Å². The minimum atomic E-state index is -0.877. The van der Waals surface area contributed by atoms with Crippen LogP contribution in [0.4, 0.5) is 0 Å². The molecule has 0 spiro atoms. The third kappa shape index (κ3) is 3.46. The Morgan fingerprint density at radius 2 is 1.88 bits per heavy atom. The molecule has 2 aromatic carbocycles. The molecule has 0 bridgehead atoms. The Morgan fingerprint density at radius 1 is 1.12 bits per heavy atom. The molecule has 0 aliphatic rings. The first kappa shape index (κ1) is 15.8. The maximum atomic E-state index is 10.8. The number of hydrogen-bond acceptors (Lipinski definition) is 4. The molecule has 0 atom stereocenters. The largest absolute Gasteiger partial charge is 0.497 e. The summed E-state index contributed by atoms with van der Waals surface area (Å²) in [5.41, 5.74) is 2.45. The predicted molar refractivity (Wildman–Crippen MR) is 89.9 cm³/mol. The molecule has 3 aromatic rings. The molecule has 1 aromatic heterocycles. The van der Waals surface area contributed by atoms with Gasteiger partial charge in [-0.1, -0.05) is 42.5 Å². The van der Waals surface area contributed by atoms with Crippen LogP contribution in [0.2, 0.25) is 0 Å². The van der Waals surface area contributed by atoms with Crippen molar-refractivity contribution in [1.82, 2.24) is 4.98 Å². The molecule has 24 heavy (non-hydrogen) atoms. The molecule has 0 aliphatic heterocycles. The van der Waals surface area contributed by atoms with Gasteiger partial charge in [0.2, 0.25) is 0 Å². The van der Waals surface area contributed by atoms with Crippen LogP contribution in [-0.2, 0) is 11.2 Å². The van der Waals surface area contributed by atoms with Gasteiger partial charge in [-0.15, -0.1) is 0 Å². The zero-order valence-electron chi connectivity index (χ0n) is 13.2. The van der Waals surface area contributed by atoms with Crippen LogP contribution in [0.15, 0.2) is 59.0 Å². The van der Waals surface area contributed by atoms with Crippen molar-refractivity contribution in [3.63, 3.8) is 0 Å². The summed E-state index contributed by atoms with van der Waals surface area (Å²) in [6.45, 7) is 0. The Morgan fingerprint density at radius 3 is 2.58 bits per heavy atom. The van der Waals surface area contributed by atoms with Gasteiger partial charge in [0.05, 0.1) is 13.5 Å². The van der Waals surface area contributed by atoms with Crippen LogP contribution in [-0.4, -0.2) is 23.2 Å². The van der Waals surface area contributed by atoms with Crippen LogP contribution in [0.1, 0.15) is 12.3 Å². The van der Waals surface area contributed by atoms with E-state index in [0.717, 1.165) is 16.9 Å². The lowest BCUT2D eigenvalue weighted by Crippen LogP contribution is -1.97. The smallest absolute Gasteiger partial charge is 0.303 e. The van der Waals surface area contributed by atoms with Gasteiger partial charge in [0.1, 0.15) is 11.4 Å². The van der Waals surface area contributed by atoms with Crippen molar-refractivity contribution >= 4 is 5.97 Å². The molecule has 3 rings (SSSR count). The van der Waals surface area contributed by atoms with E-state index in [1.165, 1.54) is 0 Å². The van der Waals surface area contributed by atoms with E-state index in [-0.39, 0.29) is 12.8 Å². The van der Waals surface area contributed by atoms with Crippen molar-refractivity contribution in [1.29, 1.82) is 0 Å². The standard InChI is InChI=1S/C19H17NO4/c1-23-15-9-5-8-14(12-15)19-18(13-6-3-2-4-7-13)20-16(24-19)10-11-17(21)22/h2-9,12H,10-11H2,1H3,(H,21,22). The van der Waals surface area contributed by atoms with Gasteiger partial charge >= 0.3 is 5.97 Å². The molecular weight excluding hydrogens is 306 g/mol. The average Bonchev–Trinajstić information content (AvgIpc) is 3.05. The number of benzene rings is 2. The molecule has 1 N–H and O–H groups in total. The van der Waals surface area contributed by atoms with Crippen molar-refractivity contribution < 1.29 is 19.1 Å². The second kappa shape index (κ2) is 7.00. The second-order valence-electron chi connectivity index (χ2n) is 5.28. The van der Waals surface area contributed by atoms with E-state index in [9.17, 15) is 4.79 Å². The molecule has 1 heterocycles. The number of hydrogen-bond donors (Lipinski definition) is 1. The van der Waals surface area contributed by atoms with Crippen LogP contribution >= 0.6 is 0 Å². The topological polar surface area (TPSA) is 72.6 Å². The maximum Gasteiger partial charge on any atom is 0.303 e. The highest BCUT2D eigenvalue weighted by Gasteiger charge is 2.17. The number of aryl methyl sites for hydroxylation is 1. The van der Waals surface area contributed by atoms with Gasteiger partial charge < -0.3 is 14.3 Å². The first-order chi connectivity index (χ1) is 11.7. The fraction of sp³-hybridized carbons (Fsp3) is 0.158. The molecular formula is C19H17NO4. The lowest BCUT2D eigenvalue weighted by Gasteiger charge is -2.04. The van der Waals surface area contributed by atoms with Gasteiger partial charge in [-0.05, 0) is 12.1 Å². The zero-order chi connectivity index (χ0) is 16.9. The van der Waals surface area contributed by atoms with E-state index in [1.807, 2.05) is 54.6 Å². The lowest BCUT2D eigenvalue weighted by molar-refractivity contribution is -0.137. The Balaban J connectivity index is 2.06. The third-order valence-electron chi connectivity index (χ3n) is 3.60. The molecule has 5 heteroatoms. The molecule has 0 aliphatic carbocycles. The lowest BCUT2D eigenvalue weighted by atomic mass is 10.1. The number of methoxy groups -OCH3 is 1. The second-order valence-corrected chi connectivity index (χ2v) is 5.28. The Bertz CT molecular complexity index is 840. The number of aromatic nitrogens is 1. The van der Waals surface area contributed by atoms with Crippen LogP contribution in [0.5, 0.6) is 5.75 Å². The highest BCUT2D eigenvalue weighted by atomic mass is 16.5. The van der Waals surface area contributed by atoms with E-state index in [2.05, 4.69) is 4.98 Å².